The van der Waals surface area contributed by atoms with E-state index in [9.17, 15) is 9.59 Å². The molecule has 2 amide bonds. The van der Waals surface area contributed by atoms with Gasteiger partial charge in [0.2, 0.25) is 5.91 Å². The van der Waals surface area contributed by atoms with Gasteiger partial charge >= 0.3 is 6.09 Å². The average molecular weight is 412 g/mol. The van der Waals surface area contributed by atoms with Gasteiger partial charge in [-0.15, -0.1) is 0 Å². The topological polar surface area (TPSA) is 62.2 Å². The molecule has 2 aliphatic heterocycles. The van der Waals surface area contributed by atoms with Gasteiger partial charge in [0, 0.05) is 37.5 Å². The van der Waals surface area contributed by atoms with Crippen LogP contribution >= 0.6 is 0 Å². The highest BCUT2D eigenvalue weighted by Crippen LogP contribution is 2.36. The van der Waals surface area contributed by atoms with Gasteiger partial charge in [0.25, 0.3) is 0 Å². The quantitative estimate of drug-likeness (QED) is 0.704. The molecular weight excluding hydrogens is 378 g/mol. The van der Waals surface area contributed by atoms with Crippen molar-refractivity contribution < 1.29 is 14.3 Å². The molecule has 162 valence electrons. The van der Waals surface area contributed by atoms with Crippen LogP contribution in [-0.2, 0) is 16.0 Å². The minimum atomic E-state index is -0.654. The van der Waals surface area contributed by atoms with Crippen molar-refractivity contribution in [3.05, 3.63) is 41.6 Å². The van der Waals surface area contributed by atoms with Crippen molar-refractivity contribution in [3.8, 4) is 0 Å². The molecule has 2 atom stereocenters. The SMILES string of the molecule is CCCC1=CN=C(C2Cc3ccccc3N2C(=O)C(C)N(C)C(=O)OC(C)(C)C)C1. The summed E-state index contributed by atoms with van der Waals surface area (Å²) in [7, 11) is 1.61. The summed E-state index contributed by atoms with van der Waals surface area (Å²) in [5.41, 5.74) is 3.76. The highest BCUT2D eigenvalue weighted by molar-refractivity contribution is 6.09. The second-order valence-electron chi connectivity index (χ2n) is 9.16. The van der Waals surface area contributed by atoms with Crippen LogP contribution in [0.1, 0.15) is 59.4 Å². The van der Waals surface area contributed by atoms with Gasteiger partial charge in [-0.05, 0) is 51.3 Å². The fourth-order valence-electron chi connectivity index (χ4n) is 3.96. The van der Waals surface area contributed by atoms with Crippen LogP contribution in [-0.4, -0.2) is 47.3 Å². The summed E-state index contributed by atoms with van der Waals surface area (Å²) in [6.07, 6.45) is 5.13. The Balaban J connectivity index is 1.83. The number of carbonyl (C=O) groups excluding carboxylic acids is 2. The van der Waals surface area contributed by atoms with Gasteiger partial charge in [-0.1, -0.05) is 31.5 Å². The largest absolute Gasteiger partial charge is 0.444 e. The molecule has 0 saturated heterocycles. The van der Waals surface area contributed by atoms with Crippen molar-refractivity contribution in [2.45, 2.75) is 78.0 Å². The summed E-state index contributed by atoms with van der Waals surface area (Å²) in [5, 5.41) is 0. The van der Waals surface area contributed by atoms with E-state index in [1.54, 1.807) is 14.0 Å². The summed E-state index contributed by atoms with van der Waals surface area (Å²) in [6, 6.07) is 7.21. The van der Waals surface area contributed by atoms with Crippen molar-refractivity contribution >= 4 is 23.4 Å². The first-order valence-electron chi connectivity index (χ1n) is 10.7. The predicted octanol–water partition coefficient (Wildman–Crippen LogP) is 4.73. The summed E-state index contributed by atoms with van der Waals surface area (Å²) in [5.74, 6) is -0.120. The minimum Gasteiger partial charge on any atom is -0.444 e. The number of amides is 2. The number of rotatable bonds is 5. The number of fused-ring (bicyclic) bond motifs is 1. The lowest BCUT2D eigenvalue weighted by molar-refractivity contribution is -0.123. The number of benzene rings is 1. The van der Waals surface area contributed by atoms with E-state index >= 15 is 0 Å². The number of aliphatic imine (C=N–C) groups is 1. The highest BCUT2D eigenvalue weighted by Gasteiger charge is 2.41. The number of hydrogen-bond donors (Lipinski definition) is 0. The second-order valence-corrected chi connectivity index (χ2v) is 9.16. The first-order valence-corrected chi connectivity index (χ1v) is 10.7. The Kier molecular flexibility index (Phi) is 6.34. The van der Waals surface area contributed by atoms with Crippen molar-refractivity contribution in [2.24, 2.45) is 4.99 Å². The van der Waals surface area contributed by atoms with Crippen molar-refractivity contribution in [3.63, 3.8) is 0 Å². The van der Waals surface area contributed by atoms with Crippen molar-refractivity contribution in [1.82, 2.24) is 4.90 Å². The Morgan fingerprint density at radius 3 is 2.67 bits per heavy atom. The van der Waals surface area contributed by atoms with E-state index < -0.39 is 17.7 Å². The van der Waals surface area contributed by atoms with Crippen molar-refractivity contribution in [2.75, 3.05) is 11.9 Å². The van der Waals surface area contributed by atoms with E-state index in [1.165, 1.54) is 10.5 Å². The van der Waals surface area contributed by atoms with Gasteiger partial charge in [0.15, 0.2) is 0 Å². The molecule has 2 heterocycles. The van der Waals surface area contributed by atoms with E-state index in [2.05, 4.69) is 18.0 Å². The number of anilines is 1. The average Bonchev–Trinajstić information content (AvgIpc) is 3.29. The molecule has 3 rings (SSSR count). The van der Waals surface area contributed by atoms with Crippen LogP contribution in [0, 0.1) is 0 Å². The number of carbonyl (C=O) groups is 2. The molecule has 0 aromatic heterocycles. The number of nitrogens with zero attached hydrogens (tertiary/aromatic N) is 3. The molecule has 0 bridgehead atoms. The third-order valence-electron chi connectivity index (χ3n) is 5.61. The van der Waals surface area contributed by atoms with Crippen LogP contribution in [0.3, 0.4) is 0 Å². The van der Waals surface area contributed by atoms with E-state index in [0.29, 0.717) is 0 Å². The lowest BCUT2D eigenvalue weighted by Crippen LogP contribution is -2.52. The summed E-state index contributed by atoms with van der Waals surface area (Å²) in [6.45, 7) is 9.36. The standard InChI is InChI=1S/C24H33N3O3/c1-7-10-17-13-19(25-15-17)21-14-18-11-8-9-12-20(18)27(21)22(28)16(2)26(6)23(29)30-24(3,4)5/h8-9,11-12,15-16,21H,7,10,13-14H2,1-6H3. The van der Waals surface area contributed by atoms with Gasteiger partial charge in [0.05, 0.1) is 6.04 Å². The zero-order valence-electron chi connectivity index (χ0n) is 18.9. The number of para-hydroxylation sites is 1. The molecule has 0 N–H and O–H groups in total. The molecule has 2 aliphatic rings. The molecule has 6 heteroatoms. The molecule has 0 fully saturated rings. The van der Waals surface area contributed by atoms with Crippen LogP contribution in [0.2, 0.25) is 0 Å². The number of likely N-dealkylation sites (N-methyl/N-ethyl adjacent to an activating group) is 1. The maximum absolute atomic E-state index is 13.6. The Bertz CT molecular complexity index is 882. The third-order valence-corrected chi connectivity index (χ3v) is 5.61. The Hall–Kier alpha value is -2.63. The molecule has 1 aromatic rings. The van der Waals surface area contributed by atoms with Crippen LogP contribution in [0.25, 0.3) is 0 Å². The molecule has 30 heavy (non-hydrogen) atoms. The summed E-state index contributed by atoms with van der Waals surface area (Å²) in [4.78, 5) is 34.0. The normalized spacial score (nSPS) is 19.1. The van der Waals surface area contributed by atoms with E-state index in [4.69, 9.17) is 4.74 Å². The van der Waals surface area contributed by atoms with Gasteiger partial charge in [0.1, 0.15) is 11.6 Å². The number of hydrogen-bond acceptors (Lipinski definition) is 4. The van der Waals surface area contributed by atoms with E-state index in [1.807, 2.05) is 50.1 Å². The smallest absolute Gasteiger partial charge is 0.410 e. The lowest BCUT2D eigenvalue weighted by atomic mass is 9.99. The zero-order valence-corrected chi connectivity index (χ0v) is 18.9. The fraction of sp³-hybridized carbons (Fsp3) is 0.542. The molecule has 0 spiro atoms. The first kappa shape index (κ1) is 22.1. The summed E-state index contributed by atoms with van der Waals surface area (Å²) < 4.78 is 5.45. The maximum Gasteiger partial charge on any atom is 0.410 e. The summed E-state index contributed by atoms with van der Waals surface area (Å²) >= 11 is 0. The predicted molar refractivity (Wildman–Crippen MR) is 120 cm³/mol. The number of ether oxygens (including phenoxy) is 1. The van der Waals surface area contributed by atoms with Crippen LogP contribution < -0.4 is 4.90 Å². The Morgan fingerprint density at radius 2 is 2.00 bits per heavy atom. The second kappa shape index (κ2) is 8.62. The third kappa shape index (κ3) is 4.58. The molecule has 2 unspecified atom stereocenters. The zero-order chi connectivity index (χ0) is 22.1. The fourth-order valence-corrected chi connectivity index (χ4v) is 3.96. The van der Waals surface area contributed by atoms with Gasteiger partial charge in [-0.25, -0.2) is 4.79 Å². The Morgan fingerprint density at radius 1 is 1.30 bits per heavy atom. The molecular formula is C24H33N3O3. The molecule has 6 nitrogen and oxygen atoms in total. The van der Waals surface area contributed by atoms with Gasteiger partial charge in [-0.2, -0.15) is 0 Å². The lowest BCUT2D eigenvalue weighted by Gasteiger charge is -2.33. The van der Waals surface area contributed by atoms with Crippen molar-refractivity contribution in [1.29, 1.82) is 0 Å². The van der Waals surface area contributed by atoms with Crippen LogP contribution in [0.15, 0.2) is 41.0 Å². The number of allylic oxidation sites excluding steroid dienone is 1. The monoisotopic (exact) mass is 411 g/mol. The molecule has 0 aliphatic carbocycles. The molecule has 0 radical (unpaired) electrons. The first-order chi connectivity index (χ1) is 14.1. The molecule has 1 aromatic carbocycles. The minimum absolute atomic E-state index is 0.116. The Labute approximate surface area is 179 Å². The maximum atomic E-state index is 13.6. The van der Waals surface area contributed by atoms with Gasteiger partial charge < -0.3 is 9.64 Å². The van der Waals surface area contributed by atoms with Gasteiger partial charge in [-0.3, -0.25) is 14.7 Å². The molecule has 0 saturated carbocycles. The van der Waals surface area contributed by atoms with E-state index in [-0.39, 0.29) is 11.9 Å². The van der Waals surface area contributed by atoms with E-state index in [0.717, 1.165) is 42.6 Å². The van der Waals surface area contributed by atoms with Crippen LogP contribution in [0.5, 0.6) is 0 Å². The van der Waals surface area contributed by atoms with Crippen LogP contribution in [0.4, 0.5) is 10.5 Å². The highest BCUT2D eigenvalue weighted by atomic mass is 16.6.